The van der Waals surface area contributed by atoms with Crippen molar-refractivity contribution in [2.45, 2.75) is 32.3 Å². The van der Waals surface area contributed by atoms with Crippen LogP contribution >= 0.6 is 0 Å². The molecular weight excluding hydrogens is 240 g/mol. The van der Waals surface area contributed by atoms with Crippen LogP contribution in [0.2, 0.25) is 0 Å². The Labute approximate surface area is 114 Å². The Hall–Kier alpha value is -1.39. The third kappa shape index (κ3) is 5.41. The average molecular weight is 262 g/mol. The minimum absolute atomic E-state index is 0.0153. The predicted molar refractivity (Wildman–Crippen MR) is 75.7 cm³/mol. The summed E-state index contributed by atoms with van der Waals surface area (Å²) in [7, 11) is 0. The summed E-state index contributed by atoms with van der Waals surface area (Å²) in [4.78, 5) is 11.6. The molecule has 0 unspecified atom stereocenters. The maximum absolute atomic E-state index is 11.6. The van der Waals surface area contributed by atoms with Crippen molar-refractivity contribution in [1.29, 1.82) is 0 Å². The fourth-order valence-electron chi connectivity index (χ4n) is 1.85. The Morgan fingerprint density at radius 2 is 2.26 bits per heavy atom. The smallest absolute Gasteiger partial charge is 0.224 e. The highest BCUT2D eigenvalue weighted by Crippen LogP contribution is 2.29. The number of anilines is 1. The molecule has 104 valence electrons. The van der Waals surface area contributed by atoms with Gasteiger partial charge in [-0.25, -0.2) is 0 Å². The van der Waals surface area contributed by atoms with Crippen LogP contribution in [0, 0.1) is 5.92 Å². The fourth-order valence-corrected chi connectivity index (χ4v) is 1.85. The molecular formula is C15H22N2O2. The zero-order valence-electron chi connectivity index (χ0n) is 11.2. The quantitative estimate of drug-likeness (QED) is 0.755. The largest absolute Gasteiger partial charge is 0.376 e. The summed E-state index contributed by atoms with van der Waals surface area (Å²) >= 11 is 0. The van der Waals surface area contributed by atoms with Crippen molar-refractivity contribution in [2.75, 3.05) is 18.5 Å². The Bertz CT molecular complexity index is 416. The molecule has 4 heteroatoms. The molecule has 19 heavy (non-hydrogen) atoms. The van der Waals surface area contributed by atoms with Gasteiger partial charge < -0.3 is 15.8 Å². The van der Waals surface area contributed by atoms with E-state index in [0.717, 1.165) is 30.2 Å². The highest BCUT2D eigenvalue weighted by atomic mass is 16.5. The second kappa shape index (κ2) is 7.26. The summed E-state index contributed by atoms with van der Waals surface area (Å²) in [5.74, 6) is 0.792. The Morgan fingerprint density at radius 1 is 1.42 bits per heavy atom. The van der Waals surface area contributed by atoms with Gasteiger partial charge in [0.2, 0.25) is 5.91 Å². The van der Waals surface area contributed by atoms with Crippen LogP contribution < -0.4 is 11.1 Å². The summed E-state index contributed by atoms with van der Waals surface area (Å²) in [6.45, 7) is 2.01. The van der Waals surface area contributed by atoms with E-state index in [0.29, 0.717) is 19.6 Å². The summed E-state index contributed by atoms with van der Waals surface area (Å²) in [5.41, 5.74) is 7.31. The summed E-state index contributed by atoms with van der Waals surface area (Å²) in [6.07, 6.45) is 3.80. The number of rotatable bonds is 8. The van der Waals surface area contributed by atoms with Gasteiger partial charge in [0.05, 0.1) is 6.61 Å². The maximum atomic E-state index is 11.6. The van der Waals surface area contributed by atoms with E-state index in [1.807, 2.05) is 24.3 Å². The van der Waals surface area contributed by atoms with Crippen LogP contribution in [0.25, 0.3) is 0 Å². The number of hydrogen-bond donors (Lipinski definition) is 2. The molecule has 1 aromatic carbocycles. The van der Waals surface area contributed by atoms with Crippen molar-refractivity contribution >= 4 is 11.6 Å². The van der Waals surface area contributed by atoms with Gasteiger partial charge in [0.1, 0.15) is 0 Å². The van der Waals surface area contributed by atoms with E-state index < -0.39 is 0 Å². The van der Waals surface area contributed by atoms with Crippen molar-refractivity contribution in [2.24, 2.45) is 11.7 Å². The molecule has 0 aliphatic heterocycles. The van der Waals surface area contributed by atoms with Crippen LogP contribution in [0.15, 0.2) is 24.3 Å². The number of carbonyl (C=O) groups is 1. The zero-order chi connectivity index (χ0) is 13.5. The molecule has 0 spiro atoms. The Morgan fingerprint density at radius 3 is 3.00 bits per heavy atom. The Balaban J connectivity index is 1.78. The molecule has 0 radical (unpaired) electrons. The van der Waals surface area contributed by atoms with E-state index in [-0.39, 0.29) is 5.91 Å². The second-order valence-electron chi connectivity index (χ2n) is 5.10. The van der Waals surface area contributed by atoms with Gasteiger partial charge in [-0.2, -0.15) is 0 Å². The average Bonchev–Trinajstić information content (AvgIpc) is 3.21. The molecule has 1 aliphatic carbocycles. The van der Waals surface area contributed by atoms with Crippen molar-refractivity contribution in [3.63, 3.8) is 0 Å². The van der Waals surface area contributed by atoms with Gasteiger partial charge in [-0.15, -0.1) is 0 Å². The third-order valence-electron chi connectivity index (χ3n) is 3.14. The van der Waals surface area contributed by atoms with Gasteiger partial charge in [-0.05, 0) is 49.4 Å². The molecule has 1 amide bonds. The van der Waals surface area contributed by atoms with Crippen molar-refractivity contribution in [3.8, 4) is 0 Å². The molecule has 4 nitrogen and oxygen atoms in total. The lowest BCUT2D eigenvalue weighted by Gasteiger charge is -2.08. The Kier molecular flexibility index (Phi) is 5.36. The summed E-state index contributed by atoms with van der Waals surface area (Å²) in [6, 6.07) is 7.81. The molecule has 3 N–H and O–H groups in total. The van der Waals surface area contributed by atoms with E-state index in [2.05, 4.69) is 5.32 Å². The summed E-state index contributed by atoms with van der Waals surface area (Å²) < 4.78 is 5.64. The molecule has 1 fully saturated rings. The first-order valence-corrected chi connectivity index (χ1v) is 6.94. The minimum atomic E-state index is 0.0153. The number of amides is 1. The van der Waals surface area contributed by atoms with Gasteiger partial charge >= 0.3 is 0 Å². The normalized spacial score (nSPS) is 14.4. The topological polar surface area (TPSA) is 64.4 Å². The highest BCUT2D eigenvalue weighted by Gasteiger charge is 2.20. The SMILES string of the molecule is NCCCC(=O)Nc1cccc(COCC2CC2)c1. The monoisotopic (exact) mass is 262 g/mol. The highest BCUT2D eigenvalue weighted by molar-refractivity contribution is 5.90. The molecule has 0 saturated heterocycles. The zero-order valence-corrected chi connectivity index (χ0v) is 11.2. The van der Waals surface area contributed by atoms with Gasteiger partial charge in [-0.3, -0.25) is 4.79 Å². The molecule has 0 aromatic heterocycles. The lowest BCUT2D eigenvalue weighted by atomic mass is 10.2. The van der Waals surface area contributed by atoms with Crippen LogP contribution in [0.4, 0.5) is 5.69 Å². The lowest BCUT2D eigenvalue weighted by molar-refractivity contribution is -0.116. The maximum Gasteiger partial charge on any atom is 0.224 e. The predicted octanol–water partition coefficient (Wildman–Crippen LogP) is 2.29. The van der Waals surface area contributed by atoms with E-state index >= 15 is 0 Å². The van der Waals surface area contributed by atoms with Gasteiger partial charge in [0, 0.05) is 18.7 Å². The first-order chi connectivity index (χ1) is 9.28. The number of carbonyl (C=O) groups excluding carboxylic acids is 1. The molecule has 1 saturated carbocycles. The first-order valence-electron chi connectivity index (χ1n) is 6.94. The van der Waals surface area contributed by atoms with E-state index in [1.54, 1.807) is 0 Å². The van der Waals surface area contributed by atoms with Crippen LogP contribution in [0.5, 0.6) is 0 Å². The molecule has 0 bridgehead atoms. The molecule has 0 heterocycles. The van der Waals surface area contributed by atoms with Crippen molar-refractivity contribution in [3.05, 3.63) is 29.8 Å². The minimum Gasteiger partial charge on any atom is -0.376 e. The van der Waals surface area contributed by atoms with Crippen LogP contribution in [0.1, 0.15) is 31.2 Å². The fraction of sp³-hybridized carbons (Fsp3) is 0.533. The summed E-state index contributed by atoms with van der Waals surface area (Å²) in [5, 5.41) is 2.88. The third-order valence-corrected chi connectivity index (χ3v) is 3.14. The van der Waals surface area contributed by atoms with Crippen LogP contribution in [-0.2, 0) is 16.1 Å². The van der Waals surface area contributed by atoms with Gasteiger partial charge in [0.15, 0.2) is 0 Å². The van der Waals surface area contributed by atoms with Crippen molar-refractivity contribution < 1.29 is 9.53 Å². The number of hydrogen-bond acceptors (Lipinski definition) is 3. The molecule has 1 aliphatic rings. The first kappa shape index (κ1) is 14.0. The van der Waals surface area contributed by atoms with E-state index in [9.17, 15) is 4.79 Å². The van der Waals surface area contributed by atoms with Crippen LogP contribution in [0.3, 0.4) is 0 Å². The van der Waals surface area contributed by atoms with Gasteiger partial charge in [-0.1, -0.05) is 12.1 Å². The number of nitrogens with two attached hydrogens (primary N) is 1. The molecule has 0 atom stereocenters. The van der Waals surface area contributed by atoms with E-state index in [1.165, 1.54) is 12.8 Å². The van der Waals surface area contributed by atoms with Crippen LogP contribution in [-0.4, -0.2) is 19.1 Å². The lowest BCUT2D eigenvalue weighted by Crippen LogP contribution is -2.13. The standard InChI is InChI=1S/C15H22N2O2/c16-8-2-5-15(18)17-14-4-1-3-13(9-14)11-19-10-12-6-7-12/h1,3-4,9,12H,2,5-8,10-11,16H2,(H,17,18). The van der Waals surface area contributed by atoms with Gasteiger partial charge in [0.25, 0.3) is 0 Å². The van der Waals surface area contributed by atoms with Crippen molar-refractivity contribution in [1.82, 2.24) is 0 Å². The second-order valence-corrected chi connectivity index (χ2v) is 5.10. The number of benzene rings is 1. The molecule has 1 aromatic rings. The number of nitrogens with one attached hydrogen (secondary N) is 1. The number of ether oxygens (including phenoxy) is 1. The molecule has 2 rings (SSSR count). The van der Waals surface area contributed by atoms with E-state index in [4.69, 9.17) is 10.5 Å².